The summed E-state index contributed by atoms with van der Waals surface area (Å²) in [7, 11) is 1.37. The van der Waals surface area contributed by atoms with Gasteiger partial charge in [-0.25, -0.2) is 0 Å². The Morgan fingerprint density at radius 3 is 3.00 bits per heavy atom. The highest BCUT2D eigenvalue weighted by Gasteiger charge is 2.48. The van der Waals surface area contributed by atoms with Crippen molar-refractivity contribution in [1.29, 1.82) is 0 Å². The van der Waals surface area contributed by atoms with Crippen molar-refractivity contribution < 1.29 is 14.3 Å². The van der Waals surface area contributed by atoms with Crippen molar-refractivity contribution in [2.24, 2.45) is 17.8 Å². The van der Waals surface area contributed by atoms with E-state index >= 15 is 0 Å². The van der Waals surface area contributed by atoms with Gasteiger partial charge in [0.2, 0.25) is 0 Å². The molecule has 1 aromatic heterocycles. The number of allylic oxidation sites excluding steroid dienone is 1. The van der Waals surface area contributed by atoms with Crippen LogP contribution < -0.4 is 0 Å². The van der Waals surface area contributed by atoms with Crippen LogP contribution in [0.4, 0.5) is 0 Å². The second-order valence-corrected chi connectivity index (χ2v) is 7.65. The summed E-state index contributed by atoms with van der Waals surface area (Å²) in [6, 6.07) is 8.66. The number of esters is 1. The summed E-state index contributed by atoms with van der Waals surface area (Å²) in [6.45, 7) is 1.91. The van der Waals surface area contributed by atoms with Crippen LogP contribution in [0.3, 0.4) is 0 Å². The Labute approximate surface area is 152 Å². The van der Waals surface area contributed by atoms with E-state index in [0.29, 0.717) is 0 Å². The smallest absolute Gasteiger partial charge is 0.316 e. The third kappa shape index (κ3) is 2.20. The molecule has 0 spiro atoms. The van der Waals surface area contributed by atoms with E-state index in [1.165, 1.54) is 29.3 Å². The van der Waals surface area contributed by atoms with Crippen LogP contribution in [0, 0.1) is 17.8 Å². The van der Waals surface area contributed by atoms with Crippen molar-refractivity contribution in [1.82, 2.24) is 9.88 Å². The Balaban J connectivity index is 1.55. The average Bonchev–Trinajstić information content (AvgIpc) is 3.05. The molecular formula is C21H22N2O3. The van der Waals surface area contributed by atoms with Gasteiger partial charge in [0.15, 0.2) is 5.78 Å². The number of benzene rings is 1. The van der Waals surface area contributed by atoms with Gasteiger partial charge in [-0.05, 0) is 42.4 Å². The molecule has 0 amide bonds. The predicted molar refractivity (Wildman–Crippen MR) is 97.6 cm³/mol. The third-order valence-electron chi connectivity index (χ3n) is 6.46. The molecule has 1 aromatic carbocycles. The molecule has 1 saturated heterocycles. The van der Waals surface area contributed by atoms with Gasteiger partial charge >= 0.3 is 5.97 Å². The summed E-state index contributed by atoms with van der Waals surface area (Å²) in [5.74, 6) is -0.917. The van der Waals surface area contributed by atoms with Gasteiger partial charge in [0.1, 0.15) is 5.92 Å². The Morgan fingerprint density at radius 2 is 2.15 bits per heavy atom. The largest absolute Gasteiger partial charge is 0.468 e. The molecule has 0 unspecified atom stereocenters. The van der Waals surface area contributed by atoms with Gasteiger partial charge in [-0.2, -0.15) is 0 Å². The second kappa shape index (κ2) is 5.81. The quantitative estimate of drug-likeness (QED) is 0.634. The number of aromatic amines is 1. The van der Waals surface area contributed by atoms with Crippen LogP contribution >= 0.6 is 0 Å². The number of carbonyl (C=O) groups excluding carboxylic acids is 2. The summed E-state index contributed by atoms with van der Waals surface area (Å²) in [5.41, 5.74) is 3.83. The number of methoxy groups -OCH3 is 1. The summed E-state index contributed by atoms with van der Waals surface area (Å²) in [5, 5.41) is 1.30. The molecule has 1 N–H and O–H groups in total. The number of nitrogens with zero attached hydrogens (tertiary/aromatic N) is 1. The molecule has 3 heterocycles. The van der Waals surface area contributed by atoms with Crippen molar-refractivity contribution >= 4 is 22.7 Å². The summed E-state index contributed by atoms with van der Waals surface area (Å²) in [6.07, 6.45) is 5.43. The van der Waals surface area contributed by atoms with Crippen LogP contribution in [0.5, 0.6) is 0 Å². The molecule has 3 aliphatic rings. The Morgan fingerprint density at radius 1 is 1.31 bits per heavy atom. The molecule has 1 fully saturated rings. The first-order valence-electron chi connectivity index (χ1n) is 9.30. The minimum Gasteiger partial charge on any atom is -0.468 e. The molecule has 1 aliphatic carbocycles. The first-order chi connectivity index (χ1) is 12.7. The number of H-pyrrole nitrogens is 1. The minimum atomic E-state index is -0.660. The van der Waals surface area contributed by atoms with Gasteiger partial charge in [0.05, 0.1) is 13.2 Å². The van der Waals surface area contributed by atoms with E-state index in [4.69, 9.17) is 4.74 Å². The number of nitrogens with one attached hydrogen (secondary N) is 1. The van der Waals surface area contributed by atoms with Crippen LogP contribution in [-0.4, -0.2) is 41.8 Å². The van der Waals surface area contributed by atoms with Crippen molar-refractivity contribution in [2.75, 3.05) is 20.2 Å². The molecule has 5 nitrogen and oxygen atoms in total. The van der Waals surface area contributed by atoms with Crippen molar-refractivity contribution in [3.05, 3.63) is 47.7 Å². The van der Waals surface area contributed by atoms with E-state index < -0.39 is 11.9 Å². The van der Waals surface area contributed by atoms with E-state index in [1.54, 1.807) is 6.08 Å². The number of para-hydroxylation sites is 1. The lowest BCUT2D eigenvalue weighted by molar-refractivity contribution is -0.153. The molecule has 0 radical (unpaired) electrons. The van der Waals surface area contributed by atoms with Crippen LogP contribution in [0.2, 0.25) is 0 Å². The number of fused-ring (bicyclic) bond motifs is 6. The topological polar surface area (TPSA) is 62.4 Å². The molecule has 134 valence electrons. The molecule has 2 aliphatic heterocycles. The number of ether oxygens (including phenoxy) is 1. The van der Waals surface area contributed by atoms with Crippen LogP contribution in [0.25, 0.3) is 10.9 Å². The number of hydrogen-bond acceptors (Lipinski definition) is 4. The van der Waals surface area contributed by atoms with Crippen molar-refractivity contribution in [3.63, 3.8) is 0 Å². The highest BCUT2D eigenvalue weighted by molar-refractivity contribution is 6.06. The fourth-order valence-electron chi connectivity index (χ4n) is 5.23. The molecular weight excluding hydrogens is 328 g/mol. The summed E-state index contributed by atoms with van der Waals surface area (Å²) < 4.78 is 4.95. The summed E-state index contributed by atoms with van der Waals surface area (Å²) >= 11 is 0. The highest BCUT2D eigenvalue weighted by Crippen LogP contribution is 2.46. The first-order valence-corrected chi connectivity index (χ1v) is 9.30. The zero-order valence-electron chi connectivity index (χ0n) is 14.8. The lowest BCUT2D eigenvalue weighted by Gasteiger charge is -2.47. The monoisotopic (exact) mass is 350 g/mol. The number of ketones is 1. The summed E-state index contributed by atoms with van der Waals surface area (Å²) in [4.78, 5) is 30.8. The number of aromatic nitrogens is 1. The van der Waals surface area contributed by atoms with E-state index in [2.05, 4.69) is 34.1 Å². The first kappa shape index (κ1) is 15.8. The predicted octanol–water partition coefficient (Wildman–Crippen LogP) is 2.63. The highest BCUT2D eigenvalue weighted by atomic mass is 16.5. The standard InChI is InChI=1S/C21H22N2O3/c1-26-21(25)19-15-10-17-20-14(13-4-2-3-5-16(13)22-20)8-9-23(17)11-12(15)6-7-18(19)24/h2-7,12,15,17,19,22H,8-11H2,1H3/t12-,15-,17+,19+/m0/s1. The van der Waals surface area contributed by atoms with Crippen molar-refractivity contribution in [2.45, 2.75) is 18.9 Å². The normalized spacial score (nSPS) is 30.6. The Kier molecular flexibility index (Phi) is 3.54. The Bertz CT molecular complexity index is 928. The van der Waals surface area contributed by atoms with Crippen LogP contribution in [-0.2, 0) is 20.7 Å². The maximum Gasteiger partial charge on any atom is 0.316 e. The Hall–Kier alpha value is -2.40. The van der Waals surface area contributed by atoms with Crippen LogP contribution in [0.15, 0.2) is 36.4 Å². The number of carbonyl (C=O) groups is 2. The van der Waals surface area contributed by atoms with Gasteiger partial charge in [-0.15, -0.1) is 0 Å². The minimum absolute atomic E-state index is 0.0126. The maximum absolute atomic E-state index is 12.4. The molecule has 0 bridgehead atoms. The molecule has 0 saturated carbocycles. The average molecular weight is 350 g/mol. The number of piperidine rings is 1. The van der Waals surface area contributed by atoms with E-state index in [-0.39, 0.29) is 23.7 Å². The van der Waals surface area contributed by atoms with E-state index in [9.17, 15) is 9.59 Å². The lowest BCUT2D eigenvalue weighted by atomic mass is 9.68. The lowest BCUT2D eigenvalue weighted by Crippen LogP contribution is -2.50. The van der Waals surface area contributed by atoms with Gasteiger partial charge in [0.25, 0.3) is 0 Å². The van der Waals surface area contributed by atoms with Crippen LogP contribution in [0.1, 0.15) is 23.7 Å². The van der Waals surface area contributed by atoms with E-state index in [0.717, 1.165) is 25.9 Å². The molecule has 5 heteroatoms. The van der Waals surface area contributed by atoms with Crippen molar-refractivity contribution in [3.8, 4) is 0 Å². The SMILES string of the molecule is COC(=O)[C@H]1C(=O)C=C[C@H]2CN3CCc4c([nH]c5ccccc45)[C@H]3C[C@H]12. The van der Waals surface area contributed by atoms with E-state index in [1.807, 2.05) is 6.08 Å². The molecule has 26 heavy (non-hydrogen) atoms. The molecule has 2 aromatic rings. The maximum atomic E-state index is 12.4. The molecule has 5 rings (SSSR count). The number of rotatable bonds is 1. The zero-order valence-corrected chi connectivity index (χ0v) is 14.8. The van der Waals surface area contributed by atoms with Gasteiger partial charge in [-0.1, -0.05) is 24.3 Å². The van der Waals surface area contributed by atoms with Gasteiger partial charge in [-0.3, -0.25) is 14.5 Å². The fraction of sp³-hybridized carbons (Fsp3) is 0.429. The third-order valence-corrected chi connectivity index (χ3v) is 6.46. The zero-order chi connectivity index (χ0) is 17.8. The molecule has 4 atom stereocenters. The van der Waals surface area contributed by atoms with Gasteiger partial charge in [0, 0.05) is 29.7 Å². The fourth-order valence-corrected chi connectivity index (χ4v) is 5.23. The van der Waals surface area contributed by atoms with Gasteiger partial charge < -0.3 is 9.72 Å². The second-order valence-electron chi connectivity index (χ2n) is 7.65. The number of hydrogen-bond donors (Lipinski definition) is 1.